The maximum atomic E-state index is 13.3. The van der Waals surface area contributed by atoms with E-state index in [-0.39, 0.29) is 5.91 Å². The highest BCUT2D eigenvalue weighted by Crippen LogP contribution is 2.27. The topological polar surface area (TPSA) is 50.5 Å². The Morgan fingerprint density at radius 2 is 1.88 bits per heavy atom. The van der Waals surface area contributed by atoms with Crippen LogP contribution in [0.4, 0.5) is 5.69 Å². The summed E-state index contributed by atoms with van der Waals surface area (Å²) in [6.45, 7) is 0. The molecule has 0 radical (unpaired) electrons. The first-order valence-electron chi connectivity index (χ1n) is 8.07. The Labute approximate surface area is 155 Å². The molecule has 1 amide bonds. The molecule has 0 saturated heterocycles. The van der Waals surface area contributed by atoms with Gasteiger partial charge in [0.05, 0.1) is 0 Å². The first-order chi connectivity index (χ1) is 12.6. The Morgan fingerprint density at radius 3 is 2.65 bits per heavy atom. The lowest BCUT2D eigenvalue weighted by molar-refractivity contribution is 0.0988. The van der Waals surface area contributed by atoms with Gasteiger partial charge in [0.2, 0.25) is 5.78 Å². The van der Waals surface area contributed by atoms with E-state index in [1.165, 1.54) is 0 Å². The third-order valence-corrected chi connectivity index (χ3v) is 4.39. The summed E-state index contributed by atoms with van der Waals surface area (Å²) in [6.07, 6.45) is 3.45. The van der Waals surface area contributed by atoms with Gasteiger partial charge in [-0.15, -0.1) is 0 Å². The SMILES string of the molecule is CN(C(=O)c1c(-c2ccccc2)nc2ncccn12)c1cccc(Cl)c1. The maximum Gasteiger partial charge on any atom is 0.277 e. The van der Waals surface area contributed by atoms with Gasteiger partial charge in [0.15, 0.2) is 0 Å². The summed E-state index contributed by atoms with van der Waals surface area (Å²) in [5, 5.41) is 0.574. The van der Waals surface area contributed by atoms with E-state index in [1.807, 2.05) is 42.5 Å². The number of imidazole rings is 1. The fraction of sp³-hybridized carbons (Fsp3) is 0.0500. The van der Waals surface area contributed by atoms with Crippen LogP contribution in [-0.4, -0.2) is 27.3 Å². The first kappa shape index (κ1) is 16.3. The van der Waals surface area contributed by atoms with E-state index in [4.69, 9.17) is 11.6 Å². The van der Waals surface area contributed by atoms with Crippen LogP contribution >= 0.6 is 11.6 Å². The second-order valence-corrected chi connectivity index (χ2v) is 6.25. The van der Waals surface area contributed by atoms with Gasteiger partial charge in [-0.25, -0.2) is 9.97 Å². The zero-order chi connectivity index (χ0) is 18.1. The van der Waals surface area contributed by atoms with Crippen molar-refractivity contribution in [3.8, 4) is 11.3 Å². The standard InChI is InChI=1S/C20H15ClN4O/c1-24(16-10-5-9-15(21)13-16)19(26)18-17(14-7-3-2-4-8-14)23-20-22-11-6-12-25(18)20/h2-13H,1H3. The predicted octanol–water partition coefficient (Wildman–Crippen LogP) is 4.33. The number of hydrogen-bond acceptors (Lipinski definition) is 3. The van der Waals surface area contributed by atoms with Gasteiger partial charge in [0, 0.05) is 35.7 Å². The van der Waals surface area contributed by atoms with E-state index in [9.17, 15) is 4.79 Å². The molecule has 26 heavy (non-hydrogen) atoms. The molecule has 2 heterocycles. The number of halogens is 1. The first-order valence-corrected chi connectivity index (χ1v) is 8.45. The lowest BCUT2D eigenvalue weighted by Gasteiger charge is -2.18. The van der Waals surface area contributed by atoms with Crippen molar-refractivity contribution in [2.24, 2.45) is 0 Å². The Bertz CT molecular complexity index is 1090. The Balaban J connectivity index is 1.88. The van der Waals surface area contributed by atoms with Crippen molar-refractivity contribution >= 4 is 29.0 Å². The lowest BCUT2D eigenvalue weighted by atomic mass is 10.1. The lowest BCUT2D eigenvalue weighted by Crippen LogP contribution is -2.28. The fourth-order valence-corrected chi connectivity index (χ4v) is 3.03. The molecule has 4 rings (SSSR count). The van der Waals surface area contributed by atoms with E-state index < -0.39 is 0 Å². The van der Waals surface area contributed by atoms with Gasteiger partial charge in [-0.2, -0.15) is 0 Å². The van der Waals surface area contributed by atoms with Crippen LogP contribution in [0.15, 0.2) is 73.1 Å². The van der Waals surface area contributed by atoms with Gasteiger partial charge in [0.25, 0.3) is 5.91 Å². The van der Waals surface area contributed by atoms with Crippen molar-refractivity contribution in [3.05, 3.63) is 83.8 Å². The van der Waals surface area contributed by atoms with Gasteiger partial charge >= 0.3 is 0 Å². The minimum Gasteiger partial charge on any atom is -0.310 e. The number of anilines is 1. The average Bonchev–Trinajstić information content (AvgIpc) is 3.07. The smallest absolute Gasteiger partial charge is 0.277 e. The largest absolute Gasteiger partial charge is 0.310 e. The van der Waals surface area contributed by atoms with Gasteiger partial charge in [0.1, 0.15) is 11.4 Å². The Kier molecular flexibility index (Phi) is 4.14. The number of aromatic nitrogens is 3. The second kappa shape index (κ2) is 6.61. The van der Waals surface area contributed by atoms with Crippen LogP contribution in [0.3, 0.4) is 0 Å². The van der Waals surface area contributed by atoms with Crippen LogP contribution in [-0.2, 0) is 0 Å². The number of nitrogens with zero attached hydrogens (tertiary/aromatic N) is 4. The number of rotatable bonds is 3. The van der Waals surface area contributed by atoms with Crippen LogP contribution < -0.4 is 4.90 Å². The molecule has 0 fully saturated rings. The zero-order valence-electron chi connectivity index (χ0n) is 14.0. The molecule has 0 atom stereocenters. The van der Waals surface area contributed by atoms with Crippen LogP contribution in [0.5, 0.6) is 0 Å². The highest BCUT2D eigenvalue weighted by Gasteiger charge is 2.24. The highest BCUT2D eigenvalue weighted by atomic mass is 35.5. The predicted molar refractivity (Wildman–Crippen MR) is 103 cm³/mol. The third-order valence-electron chi connectivity index (χ3n) is 4.15. The summed E-state index contributed by atoms with van der Waals surface area (Å²) in [4.78, 5) is 23.7. The number of amides is 1. The molecule has 0 unspecified atom stereocenters. The summed E-state index contributed by atoms with van der Waals surface area (Å²) in [6, 6.07) is 18.6. The van der Waals surface area contributed by atoms with Crippen molar-refractivity contribution in [1.29, 1.82) is 0 Å². The molecule has 5 nitrogen and oxygen atoms in total. The molecule has 6 heteroatoms. The Hall–Kier alpha value is -3.18. The van der Waals surface area contributed by atoms with Gasteiger partial charge in [-0.1, -0.05) is 48.0 Å². The summed E-state index contributed by atoms with van der Waals surface area (Å²) in [5.41, 5.74) is 2.63. The number of hydrogen-bond donors (Lipinski definition) is 0. The minimum absolute atomic E-state index is 0.188. The van der Waals surface area contributed by atoms with Crippen molar-refractivity contribution < 1.29 is 4.79 Å². The van der Waals surface area contributed by atoms with Gasteiger partial charge < -0.3 is 4.90 Å². The number of fused-ring (bicyclic) bond motifs is 1. The minimum atomic E-state index is -0.188. The van der Waals surface area contributed by atoms with Crippen LogP contribution in [0.2, 0.25) is 5.02 Å². The molecule has 4 aromatic rings. The molecule has 0 aliphatic heterocycles. The molecule has 0 spiro atoms. The van der Waals surface area contributed by atoms with Gasteiger partial charge in [-0.3, -0.25) is 9.20 Å². The van der Waals surface area contributed by atoms with E-state index in [0.29, 0.717) is 27.9 Å². The monoisotopic (exact) mass is 362 g/mol. The van der Waals surface area contributed by atoms with Crippen molar-refractivity contribution in [2.75, 3.05) is 11.9 Å². The summed E-state index contributed by atoms with van der Waals surface area (Å²) in [5.74, 6) is 0.292. The average molecular weight is 363 g/mol. The third kappa shape index (κ3) is 2.82. The highest BCUT2D eigenvalue weighted by molar-refractivity contribution is 6.31. The number of carbonyl (C=O) groups excluding carboxylic acids is 1. The molecule has 0 aliphatic rings. The van der Waals surface area contributed by atoms with Crippen LogP contribution in [0.1, 0.15) is 10.5 Å². The molecule has 0 aliphatic carbocycles. The summed E-state index contributed by atoms with van der Waals surface area (Å²) >= 11 is 6.08. The molecule has 0 saturated carbocycles. The number of benzene rings is 2. The quantitative estimate of drug-likeness (QED) is 0.545. The van der Waals surface area contributed by atoms with E-state index in [2.05, 4.69) is 9.97 Å². The molecule has 2 aromatic carbocycles. The van der Waals surface area contributed by atoms with Crippen LogP contribution in [0, 0.1) is 0 Å². The number of carbonyl (C=O) groups is 1. The molecule has 0 N–H and O–H groups in total. The Morgan fingerprint density at radius 1 is 1.08 bits per heavy atom. The second-order valence-electron chi connectivity index (χ2n) is 5.81. The van der Waals surface area contributed by atoms with Crippen molar-refractivity contribution in [3.63, 3.8) is 0 Å². The molecular formula is C20H15ClN4O. The normalized spacial score (nSPS) is 10.8. The molecule has 128 valence electrons. The summed E-state index contributed by atoms with van der Waals surface area (Å²) in [7, 11) is 1.72. The fourth-order valence-electron chi connectivity index (χ4n) is 2.85. The van der Waals surface area contributed by atoms with E-state index >= 15 is 0 Å². The zero-order valence-corrected chi connectivity index (χ0v) is 14.8. The summed E-state index contributed by atoms with van der Waals surface area (Å²) < 4.78 is 1.71. The van der Waals surface area contributed by atoms with Crippen LogP contribution in [0.25, 0.3) is 17.0 Å². The van der Waals surface area contributed by atoms with Crippen molar-refractivity contribution in [2.45, 2.75) is 0 Å². The molecule has 0 bridgehead atoms. The van der Waals surface area contributed by atoms with E-state index in [1.54, 1.807) is 46.9 Å². The van der Waals surface area contributed by atoms with E-state index in [0.717, 1.165) is 5.56 Å². The maximum absolute atomic E-state index is 13.3. The van der Waals surface area contributed by atoms with Crippen molar-refractivity contribution in [1.82, 2.24) is 14.4 Å². The molecular weight excluding hydrogens is 348 g/mol. The molecule has 2 aromatic heterocycles. The van der Waals surface area contributed by atoms with Gasteiger partial charge in [-0.05, 0) is 24.3 Å².